The van der Waals surface area contributed by atoms with E-state index < -0.39 is 7.36 Å². The lowest BCUT2D eigenvalue weighted by molar-refractivity contribution is 0.570. The maximum atomic E-state index is 6.44. The largest absolute Gasteiger partial charge is 0.296 e. The van der Waals surface area contributed by atoms with Gasteiger partial charge in [0, 0.05) is 11.2 Å². The molecule has 8 heteroatoms. The van der Waals surface area contributed by atoms with Gasteiger partial charge in [-0.2, -0.15) is 0 Å². The van der Waals surface area contributed by atoms with E-state index in [4.69, 9.17) is 32.9 Å². The maximum Gasteiger partial charge on any atom is 0.149 e. The molecule has 0 aliphatic carbocycles. The zero-order valence-corrected chi connectivity index (χ0v) is 17.9. The Morgan fingerprint density at radius 1 is 1.04 bits per heavy atom. The van der Waals surface area contributed by atoms with E-state index in [9.17, 15) is 0 Å². The highest BCUT2D eigenvalue weighted by Crippen LogP contribution is 2.55. The number of halogens is 2. The first-order chi connectivity index (χ1) is 12.3. The van der Waals surface area contributed by atoms with Crippen molar-refractivity contribution in [3.8, 4) is 0 Å². The quantitative estimate of drug-likeness (QED) is 0.564. The van der Waals surface area contributed by atoms with Crippen LogP contribution in [-0.4, -0.2) is 46.9 Å². The van der Waals surface area contributed by atoms with Crippen molar-refractivity contribution in [1.29, 1.82) is 0 Å². The molecule has 0 aliphatic rings. The number of aromatic nitrogens is 2. The minimum Gasteiger partial charge on any atom is -0.296 e. The van der Waals surface area contributed by atoms with Gasteiger partial charge in [-0.15, -0.1) is 0 Å². The summed E-state index contributed by atoms with van der Waals surface area (Å²) in [6, 6.07) is 11.4. The number of imidazole rings is 1. The summed E-state index contributed by atoms with van der Waals surface area (Å²) in [6.07, 6.45) is 2.03. The van der Waals surface area contributed by atoms with Gasteiger partial charge in [0.1, 0.15) is 18.4 Å². The van der Waals surface area contributed by atoms with Crippen molar-refractivity contribution in [1.82, 2.24) is 18.7 Å². The fourth-order valence-electron chi connectivity index (χ4n) is 3.14. The van der Waals surface area contributed by atoms with Gasteiger partial charge in [-0.05, 0) is 65.4 Å². The van der Waals surface area contributed by atoms with E-state index in [1.54, 1.807) is 12.1 Å². The van der Waals surface area contributed by atoms with Crippen molar-refractivity contribution < 1.29 is 0 Å². The monoisotopic (exact) mass is 409 g/mol. The summed E-state index contributed by atoms with van der Waals surface area (Å²) in [5.74, 6) is 0. The highest BCUT2D eigenvalue weighted by molar-refractivity contribution is 7.69. The van der Waals surface area contributed by atoms with Crippen LogP contribution in [0.5, 0.6) is 0 Å². The van der Waals surface area contributed by atoms with Crippen molar-refractivity contribution in [2.24, 2.45) is 4.74 Å². The standard InChI is InChI=1S/C18H22Cl2N5P/c1-13-18(25-11-7-6-8-17(25)21-13)26(23(2)3,24(4)5)22-16-12-14(19)9-10-15(16)20/h6-12H,1-5H3. The summed E-state index contributed by atoms with van der Waals surface area (Å²) in [7, 11) is 5.81. The number of pyridine rings is 1. The van der Waals surface area contributed by atoms with E-state index in [2.05, 4.69) is 13.7 Å². The minimum absolute atomic E-state index is 0.578. The molecule has 0 amide bonds. The lowest BCUT2D eigenvalue weighted by Crippen LogP contribution is -2.32. The second kappa shape index (κ2) is 7.34. The first-order valence-electron chi connectivity index (χ1n) is 8.14. The Labute approximate surface area is 164 Å². The normalized spacial score (nSPS) is 12.3. The number of hydrogen-bond donors (Lipinski definition) is 0. The maximum absolute atomic E-state index is 6.44. The number of fused-ring (bicyclic) bond motifs is 1. The molecule has 0 aliphatic heterocycles. The Hall–Kier alpha value is -1.36. The molecule has 0 saturated carbocycles. The minimum atomic E-state index is -2.35. The Morgan fingerprint density at radius 3 is 2.38 bits per heavy atom. The van der Waals surface area contributed by atoms with E-state index in [-0.39, 0.29) is 0 Å². The summed E-state index contributed by atoms with van der Waals surface area (Å²) in [4.78, 5) is 4.74. The third-order valence-corrected chi connectivity index (χ3v) is 8.62. The lowest BCUT2D eigenvalue weighted by atomic mass is 10.3. The molecular formula is C18H22Cl2N5P. The third kappa shape index (κ3) is 3.19. The molecule has 0 unspecified atom stereocenters. The summed E-state index contributed by atoms with van der Waals surface area (Å²) >= 11 is 12.6. The van der Waals surface area contributed by atoms with Crippen LogP contribution in [0, 0.1) is 6.92 Å². The van der Waals surface area contributed by atoms with E-state index in [1.165, 1.54) is 0 Å². The van der Waals surface area contributed by atoms with Crippen LogP contribution in [0.2, 0.25) is 10.0 Å². The predicted octanol–water partition coefficient (Wildman–Crippen LogP) is 5.06. The van der Waals surface area contributed by atoms with Gasteiger partial charge in [0.05, 0.1) is 16.4 Å². The predicted molar refractivity (Wildman–Crippen MR) is 112 cm³/mol. The number of benzene rings is 1. The van der Waals surface area contributed by atoms with E-state index in [0.717, 1.165) is 16.8 Å². The Morgan fingerprint density at radius 2 is 1.73 bits per heavy atom. The zero-order chi connectivity index (χ0) is 19.1. The molecule has 2 heterocycles. The van der Waals surface area contributed by atoms with E-state index >= 15 is 0 Å². The average molecular weight is 410 g/mol. The highest BCUT2D eigenvalue weighted by atomic mass is 35.5. The van der Waals surface area contributed by atoms with Crippen LogP contribution < -0.4 is 5.44 Å². The van der Waals surface area contributed by atoms with Gasteiger partial charge in [0.2, 0.25) is 0 Å². The lowest BCUT2D eigenvalue weighted by Gasteiger charge is -2.36. The van der Waals surface area contributed by atoms with E-state index in [1.807, 2.05) is 65.6 Å². The molecular weight excluding hydrogens is 388 g/mol. The smallest absolute Gasteiger partial charge is 0.149 e. The molecule has 0 N–H and O–H groups in total. The molecule has 3 rings (SSSR count). The van der Waals surface area contributed by atoms with E-state index in [0.29, 0.717) is 15.7 Å². The van der Waals surface area contributed by atoms with Crippen LogP contribution in [0.1, 0.15) is 5.69 Å². The molecule has 0 fully saturated rings. The number of hydrogen-bond acceptors (Lipinski definition) is 2. The van der Waals surface area contributed by atoms with Gasteiger partial charge >= 0.3 is 0 Å². The Balaban J connectivity index is 2.45. The molecule has 138 valence electrons. The van der Waals surface area contributed by atoms with Crippen LogP contribution in [0.4, 0.5) is 5.69 Å². The van der Waals surface area contributed by atoms with Crippen molar-refractivity contribution in [3.63, 3.8) is 0 Å². The van der Waals surface area contributed by atoms with Crippen LogP contribution >= 0.6 is 30.6 Å². The van der Waals surface area contributed by atoms with Gasteiger partial charge in [0.15, 0.2) is 0 Å². The Kier molecular flexibility index (Phi) is 5.48. The molecule has 1 aromatic carbocycles. The van der Waals surface area contributed by atoms with Gasteiger partial charge in [-0.25, -0.2) is 9.73 Å². The van der Waals surface area contributed by atoms with Crippen molar-refractivity contribution in [3.05, 3.63) is 58.3 Å². The molecule has 2 aromatic heterocycles. The third-order valence-electron chi connectivity index (χ3n) is 4.23. The number of rotatable bonds is 4. The summed E-state index contributed by atoms with van der Waals surface area (Å²) in [5.41, 5.74) is 3.61. The molecule has 26 heavy (non-hydrogen) atoms. The number of nitrogens with zero attached hydrogens (tertiary/aromatic N) is 5. The molecule has 5 nitrogen and oxygen atoms in total. The SMILES string of the molecule is Cc1nc2ccccn2c1P(=Nc1cc(Cl)ccc1Cl)(N(C)C)N(C)C. The van der Waals surface area contributed by atoms with Gasteiger partial charge < -0.3 is 0 Å². The summed E-state index contributed by atoms with van der Waals surface area (Å²) in [6.45, 7) is 2.03. The molecule has 0 bridgehead atoms. The zero-order valence-electron chi connectivity index (χ0n) is 15.5. The highest BCUT2D eigenvalue weighted by Gasteiger charge is 2.34. The fourth-order valence-corrected chi connectivity index (χ4v) is 6.86. The topological polar surface area (TPSA) is 36.1 Å². The molecule has 0 atom stereocenters. The summed E-state index contributed by atoms with van der Waals surface area (Å²) < 4.78 is 11.6. The summed E-state index contributed by atoms with van der Waals surface area (Å²) in [5, 5.41) is 1.19. The fraction of sp³-hybridized carbons (Fsp3) is 0.278. The van der Waals surface area contributed by atoms with Crippen LogP contribution in [-0.2, 0) is 0 Å². The van der Waals surface area contributed by atoms with Crippen LogP contribution in [0.25, 0.3) is 5.65 Å². The number of aryl methyl sites for hydroxylation is 1. The Bertz CT molecular complexity index is 998. The van der Waals surface area contributed by atoms with Gasteiger partial charge in [-0.1, -0.05) is 29.3 Å². The molecule has 3 aromatic rings. The molecule has 0 radical (unpaired) electrons. The second-order valence-electron chi connectivity index (χ2n) is 6.41. The van der Waals surface area contributed by atoms with Crippen molar-refractivity contribution in [2.75, 3.05) is 28.2 Å². The van der Waals surface area contributed by atoms with Crippen LogP contribution in [0.15, 0.2) is 47.3 Å². The first-order valence-corrected chi connectivity index (χ1v) is 10.5. The average Bonchev–Trinajstić information content (AvgIpc) is 2.91. The molecule has 0 spiro atoms. The van der Waals surface area contributed by atoms with Gasteiger partial charge in [0.25, 0.3) is 0 Å². The first kappa shape index (κ1) is 19.4. The van der Waals surface area contributed by atoms with Crippen LogP contribution in [0.3, 0.4) is 0 Å². The van der Waals surface area contributed by atoms with Crippen molar-refractivity contribution >= 4 is 47.3 Å². The molecule has 0 saturated heterocycles. The second-order valence-corrected chi connectivity index (χ2v) is 10.6. The van der Waals surface area contributed by atoms with Gasteiger partial charge in [-0.3, -0.25) is 13.7 Å². The van der Waals surface area contributed by atoms with Crippen molar-refractivity contribution in [2.45, 2.75) is 6.92 Å².